The van der Waals surface area contributed by atoms with Gasteiger partial charge in [0.25, 0.3) is 0 Å². The molecule has 0 aliphatic heterocycles. The number of nitrogens with one attached hydrogen (secondary N) is 1. The molecule has 2 heteroatoms. The topological polar surface area (TPSA) is 12.0 Å². The number of aryl methyl sites for hydroxylation is 1. The van der Waals surface area contributed by atoms with E-state index in [1.54, 1.807) is 0 Å². The lowest BCUT2D eigenvalue weighted by Crippen LogP contribution is -2.22. The molecule has 1 N–H and O–H groups in total. The zero-order chi connectivity index (χ0) is 12.0. The van der Waals surface area contributed by atoms with E-state index in [1.807, 2.05) is 11.3 Å². The summed E-state index contributed by atoms with van der Waals surface area (Å²) in [5.74, 6) is 0.816. The molecular weight excluding hydrogens is 214 g/mol. The molecule has 92 valence electrons. The Morgan fingerprint density at radius 1 is 1.31 bits per heavy atom. The summed E-state index contributed by atoms with van der Waals surface area (Å²) in [5, 5.41) is 3.61. The molecule has 16 heavy (non-hydrogen) atoms. The van der Waals surface area contributed by atoms with Gasteiger partial charge in [0.05, 0.1) is 0 Å². The number of hydrogen-bond acceptors (Lipinski definition) is 2. The number of thiophene rings is 1. The third kappa shape index (κ3) is 4.26. The molecule has 0 amide bonds. The summed E-state index contributed by atoms with van der Waals surface area (Å²) < 4.78 is 0. The SMILES string of the molecule is CCCC(C)CC(NCC)c1ccc(C)s1. The largest absolute Gasteiger partial charge is 0.310 e. The summed E-state index contributed by atoms with van der Waals surface area (Å²) in [4.78, 5) is 2.92. The van der Waals surface area contributed by atoms with Crippen LogP contribution in [0.4, 0.5) is 0 Å². The lowest BCUT2D eigenvalue weighted by atomic mass is 9.96. The van der Waals surface area contributed by atoms with Gasteiger partial charge in [-0.3, -0.25) is 0 Å². The molecule has 1 heterocycles. The van der Waals surface area contributed by atoms with Gasteiger partial charge in [0, 0.05) is 15.8 Å². The highest BCUT2D eigenvalue weighted by Crippen LogP contribution is 2.28. The Hall–Kier alpha value is -0.340. The van der Waals surface area contributed by atoms with Crippen molar-refractivity contribution in [3.63, 3.8) is 0 Å². The maximum atomic E-state index is 3.61. The van der Waals surface area contributed by atoms with Gasteiger partial charge in [0.15, 0.2) is 0 Å². The molecule has 2 unspecified atom stereocenters. The Bertz CT molecular complexity index is 293. The van der Waals surface area contributed by atoms with Crippen LogP contribution in [0.2, 0.25) is 0 Å². The van der Waals surface area contributed by atoms with Crippen LogP contribution in [-0.2, 0) is 0 Å². The van der Waals surface area contributed by atoms with Crippen molar-refractivity contribution in [2.45, 2.75) is 53.0 Å². The predicted octanol–water partition coefficient (Wildman–Crippen LogP) is 4.53. The van der Waals surface area contributed by atoms with Crippen LogP contribution in [0.3, 0.4) is 0 Å². The molecule has 0 spiro atoms. The van der Waals surface area contributed by atoms with Crippen molar-refractivity contribution in [1.82, 2.24) is 5.32 Å². The fraction of sp³-hybridized carbons (Fsp3) is 0.714. The molecule has 0 saturated heterocycles. The molecule has 0 fully saturated rings. The minimum Gasteiger partial charge on any atom is -0.310 e. The van der Waals surface area contributed by atoms with Crippen molar-refractivity contribution < 1.29 is 0 Å². The summed E-state index contributed by atoms with van der Waals surface area (Å²) in [6, 6.07) is 5.08. The van der Waals surface area contributed by atoms with Crippen LogP contribution in [0.25, 0.3) is 0 Å². The van der Waals surface area contributed by atoms with Gasteiger partial charge in [-0.15, -0.1) is 11.3 Å². The maximum absolute atomic E-state index is 3.61. The van der Waals surface area contributed by atoms with E-state index in [9.17, 15) is 0 Å². The lowest BCUT2D eigenvalue weighted by molar-refractivity contribution is 0.399. The van der Waals surface area contributed by atoms with Crippen LogP contribution >= 0.6 is 11.3 Å². The zero-order valence-electron chi connectivity index (χ0n) is 11.0. The van der Waals surface area contributed by atoms with E-state index in [2.05, 4.69) is 45.1 Å². The summed E-state index contributed by atoms with van der Waals surface area (Å²) in [5.41, 5.74) is 0. The average Bonchev–Trinajstić information content (AvgIpc) is 2.64. The molecule has 1 aromatic rings. The van der Waals surface area contributed by atoms with Gasteiger partial charge in [-0.25, -0.2) is 0 Å². The van der Waals surface area contributed by atoms with Crippen molar-refractivity contribution >= 4 is 11.3 Å². The van der Waals surface area contributed by atoms with Crippen molar-refractivity contribution in [1.29, 1.82) is 0 Å². The molecular formula is C14H25NS. The van der Waals surface area contributed by atoms with Gasteiger partial charge in [0.1, 0.15) is 0 Å². The smallest absolute Gasteiger partial charge is 0.0417 e. The van der Waals surface area contributed by atoms with E-state index in [4.69, 9.17) is 0 Å². The van der Waals surface area contributed by atoms with E-state index in [0.717, 1.165) is 12.5 Å². The third-order valence-electron chi connectivity index (χ3n) is 2.97. The monoisotopic (exact) mass is 239 g/mol. The Morgan fingerprint density at radius 2 is 2.06 bits per heavy atom. The Labute approximate surface area is 104 Å². The minimum absolute atomic E-state index is 0.560. The zero-order valence-corrected chi connectivity index (χ0v) is 11.9. The number of rotatable bonds is 7. The molecule has 2 atom stereocenters. The standard InChI is InChI=1S/C14H25NS/c1-5-7-11(3)10-13(15-6-2)14-9-8-12(4)16-14/h8-9,11,13,15H,5-7,10H2,1-4H3. The predicted molar refractivity (Wildman–Crippen MR) is 74.2 cm³/mol. The molecule has 0 radical (unpaired) electrons. The van der Waals surface area contributed by atoms with E-state index in [0.29, 0.717) is 6.04 Å². The highest BCUT2D eigenvalue weighted by atomic mass is 32.1. The summed E-state index contributed by atoms with van der Waals surface area (Å²) in [7, 11) is 0. The first-order valence-electron chi connectivity index (χ1n) is 6.47. The third-order valence-corrected chi connectivity index (χ3v) is 4.09. The van der Waals surface area contributed by atoms with Crippen molar-refractivity contribution in [3.05, 3.63) is 21.9 Å². The van der Waals surface area contributed by atoms with Gasteiger partial charge in [-0.05, 0) is 37.9 Å². The van der Waals surface area contributed by atoms with Gasteiger partial charge >= 0.3 is 0 Å². The molecule has 1 rings (SSSR count). The van der Waals surface area contributed by atoms with Crippen molar-refractivity contribution in [2.75, 3.05) is 6.54 Å². The van der Waals surface area contributed by atoms with Gasteiger partial charge in [0.2, 0.25) is 0 Å². The molecule has 0 aliphatic rings. The fourth-order valence-electron chi connectivity index (χ4n) is 2.20. The molecule has 0 aromatic carbocycles. The van der Waals surface area contributed by atoms with Gasteiger partial charge < -0.3 is 5.32 Å². The lowest BCUT2D eigenvalue weighted by Gasteiger charge is -2.20. The first-order chi connectivity index (χ1) is 7.67. The molecule has 1 nitrogen and oxygen atoms in total. The first kappa shape index (κ1) is 13.7. The second kappa shape index (κ2) is 7.08. The van der Waals surface area contributed by atoms with Crippen LogP contribution in [0, 0.1) is 12.8 Å². The van der Waals surface area contributed by atoms with E-state index >= 15 is 0 Å². The Kier molecular flexibility index (Phi) is 6.07. The second-order valence-electron chi connectivity index (χ2n) is 4.69. The Morgan fingerprint density at radius 3 is 2.56 bits per heavy atom. The van der Waals surface area contributed by atoms with E-state index in [1.165, 1.54) is 29.0 Å². The van der Waals surface area contributed by atoms with Gasteiger partial charge in [-0.2, -0.15) is 0 Å². The normalized spacial score (nSPS) is 15.0. The van der Waals surface area contributed by atoms with E-state index in [-0.39, 0.29) is 0 Å². The molecule has 1 aromatic heterocycles. The number of hydrogen-bond donors (Lipinski definition) is 1. The summed E-state index contributed by atoms with van der Waals surface area (Å²) in [6.07, 6.45) is 3.90. The van der Waals surface area contributed by atoms with Crippen LogP contribution in [0.5, 0.6) is 0 Å². The molecule has 0 aliphatic carbocycles. The first-order valence-corrected chi connectivity index (χ1v) is 7.28. The summed E-state index contributed by atoms with van der Waals surface area (Å²) in [6.45, 7) is 10.1. The quantitative estimate of drug-likeness (QED) is 0.737. The van der Waals surface area contributed by atoms with E-state index < -0.39 is 0 Å². The molecule has 0 bridgehead atoms. The van der Waals surface area contributed by atoms with Crippen LogP contribution < -0.4 is 5.32 Å². The average molecular weight is 239 g/mol. The van der Waals surface area contributed by atoms with Crippen LogP contribution in [0.15, 0.2) is 12.1 Å². The minimum atomic E-state index is 0.560. The summed E-state index contributed by atoms with van der Waals surface area (Å²) >= 11 is 1.93. The van der Waals surface area contributed by atoms with Gasteiger partial charge in [-0.1, -0.05) is 33.6 Å². The maximum Gasteiger partial charge on any atom is 0.0417 e. The highest BCUT2D eigenvalue weighted by Gasteiger charge is 2.15. The Balaban J connectivity index is 2.60. The van der Waals surface area contributed by atoms with Crippen molar-refractivity contribution in [3.8, 4) is 0 Å². The molecule has 0 saturated carbocycles. The highest BCUT2D eigenvalue weighted by molar-refractivity contribution is 7.12. The second-order valence-corrected chi connectivity index (χ2v) is 6.01. The van der Waals surface area contributed by atoms with Crippen molar-refractivity contribution in [2.24, 2.45) is 5.92 Å². The van der Waals surface area contributed by atoms with Crippen LogP contribution in [0.1, 0.15) is 55.8 Å². The van der Waals surface area contributed by atoms with Crippen LogP contribution in [-0.4, -0.2) is 6.54 Å². The fourth-order valence-corrected chi connectivity index (χ4v) is 3.17.